The third-order valence-electron chi connectivity index (χ3n) is 7.23. The second-order valence-corrected chi connectivity index (χ2v) is 10.8. The molecule has 2 N–H and O–H groups in total. The average Bonchev–Trinajstić information content (AvgIpc) is 3.59. The Morgan fingerprint density at radius 2 is 1.86 bits per heavy atom. The van der Waals surface area contributed by atoms with Crippen LogP contribution in [0, 0.1) is 0 Å². The van der Waals surface area contributed by atoms with E-state index in [0.29, 0.717) is 29.1 Å². The highest BCUT2D eigenvalue weighted by molar-refractivity contribution is 6.40. The highest BCUT2D eigenvalue weighted by Gasteiger charge is 2.47. The number of nitrogens with zero attached hydrogens (tertiary/aromatic N) is 3. The molecule has 0 bridgehead atoms. The van der Waals surface area contributed by atoms with Crippen LogP contribution in [0.2, 0.25) is 10.3 Å². The zero-order valence-corrected chi connectivity index (χ0v) is 23.6. The van der Waals surface area contributed by atoms with E-state index in [0.717, 1.165) is 11.1 Å². The molecule has 2 aliphatic heterocycles. The summed E-state index contributed by atoms with van der Waals surface area (Å²) in [6.07, 6.45) is -4.35. The van der Waals surface area contributed by atoms with Gasteiger partial charge in [-0.3, -0.25) is 9.59 Å². The highest BCUT2D eigenvalue weighted by Crippen LogP contribution is 2.39. The first kappa shape index (κ1) is 30.3. The number of alkyl halides is 3. The summed E-state index contributed by atoms with van der Waals surface area (Å²) in [7, 11) is 0. The molecule has 0 spiro atoms. The summed E-state index contributed by atoms with van der Waals surface area (Å²) in [5.74, 6) is -2.74. The molecule has 2 amide bonds. The number of carbonyl (C=O) groups excluding carboxylic acids is 2. The minimum atomic E-state index is -5.06. The van der Waals surface area contributed by atoms with Crippen molar-refractivity contribution in [3.63, 3.8) is 0 Å². The quantitative estimate of drug-likeness (QED) is 0.363. The van der Waals surface area contributed by atoms with Crippen molar-refractivity contribution < 1.29 is 37.3 Å². The van der Waals surface area contributed by atoms with E-state index in [4.69, 9.17) is 32.7 Å². The first-order valence-corrected chi connectivity index (χ1v) is 13.9. The number of aliphatic hydroxyl groups excluding tert-OH is 1. The van der Waals surface area contributed by atoms with Gasteiger partial charge < -0.3 is 29.4 Å². The molecule has 2 aliphatic rings. The summed E-state index contributed by atoms with van der Waals surface area (Å²) in [5.41, 5.74) is 2.48. The Hall–Kier alpha value is -3.16. The molecule has 2 fully saturated rings. The summed E-state index contributed by atoms with van der Waals surface area (Å²) < 4.78 is 53.3. The molecule has 0 saturated carbocycles. The average molecular weight is 627 g/mol. The lowest BCUT2D eigenvalue weighted by Gasteiger charge is -2.36. The molecule has 0 unspecified atom stereocenters. The van der Waals surface area contributed by atoms with Gasteiger partial charge in [0.15, 0.2) is 11.4 Å². The van der Waals surface area contributed by atoms with Gasteiger partial charge >= 0.3 is 12.1 Å². The van der Waals surface area contributed by atoms with Crippen LogP contribution in [0.15, 0.2) is 54.9 Å². The molecule has 0 aliphatic carbocycles. The number of aliphatic hydroxyl groups is 1. The molecule has 224 valence electrons. The summed E-state index contributed by atoms with van der Waals surface area (Å²) >= 11 is 12.3. The maximum absolute atomic E-state index is 13.0. The zero-order valence-electron chi connectivity index (χ0n) is 22.1. The number of amides is 2. The number of hydrogen-bond donors (Lipinski definition) is 2. The second-order valence-electron chi connectivity index (χ2n) is 10.1. The van der Waals surface area contributed by atoms with Gasteiger partial charge in [-0.25, -0.2) is 4.98 Å². The molecule has 3 aromatic rings. The van der Waals surface area contributed by atoms with Crippen LogP contribution in [0.25, 0.3) is 0 Å². The molecule has 2 aromatic carbocycles. The Balaban J connectivity index is 1.35. The Labute approximate surface area is 249 Å². The number of imidazole rings is 1. The molecule has 3 heterocycles. The minimum absolute atomic E-state index is 0.0957. The zero-order chi connectivity index (χ0) is 30.0. The summed E-state index contributed by atoms with van der Waals surface area (Å²) in [6, 6.07) is 12.7. The first-order valence-electron chi connectivity index (χ1n) is 13.2. The van der Waals surface area contributed by atoms with Crippen LogP contribution >= 0.6 is 23.2 Å². The monoisotopic (exact) mass is 626 g/mol. The van der Waals surface area contributed by atoms with E-state index in [1.165, 1.54) is 6.33 Å². The Bertz CT molecular complexity index is 1440. The van der Waals surface area contributed by atoms with Gasteiger partial charge in [-0.1, -0.05) is 59.6 Å². The topological polar surface area (TPSA) is 106 Å². The maximum atomic E-state index is 13.0. The maximum Gasteiger partial charge on any atom is 0.471 e. The molecule has 2 saturated heterocycles. The van der Waals surface area contributed by atoms with Crippen LogP contribution in [0.1, 0.15) is 48.3 Å². The van der Waals surface area contributed by atoms with Gasteiger partial charge in [-0.05, 0) is 36.1 Å². The predicted octanol–water partition coefficient (Wildman–Crippen LogP) is 5.42. The van der Waals surface area contributed by atoms with Gasteiger partial charge in [0.25, 0.3) is 0 Å². The number of likely N-dealkylation sites (tertiary alicyclic amines) is 1. The predicted molar refractivity (Wildman–Crippen MR) is 147 cm³/mol. The molecule has 14 heteroatoms. The second kappa shape index (κ2) is 12.6. The number of rotatable bonds is 7. The molecule has 1 aromatic heterocycles. The fourth-order valence-corrected chi connectivity index (χ4v) is 5.47. The Morgan fingerprint density at radius 1 is 1.10 bits per heavy atom. The van der Waals surface area contributed by atoms with E-state index in [-0.39, 0.29) is 36.3 Å². The number of halogens is 5. The van der Waals surface area contributed by atoms with Crippen molar-refractivity contribution in [1.29, 1.82) is 0 Å². The fourth-order valence-electron chi connectivity index (χ4n) is 5.16. The third-order valence-corrected chi connectivity index (χ3v) is 8.00. The number of nitrogens with one attached hydrogen (secondary N) is 1. The lowest BCUT2D eigenvalue weighted by atomic mass is 10.00. The smallest absolute Gasteiger partial charge is 0.392 e. The summed E-state index contributed by atoms with van der Waals surface area (Å²) in [6.45, 7) is 0.0841. The molecule has 9 nitrogen and oxygen atoms in total. The van der Waals surface area contributed by atoms with Crippen molar-refractivity contribution in [2.24, 2.45) is 0 Å². The normalized spacial score (nSPS) is 22.8. The van der Waals surface area contributed by atoms with Crippen LogP contribution in [0.4, 0.5) is 18.9 Å². The third kappa shape index (κ3) is 6.73. The lowest BCUT2D eigenvalue weighted by molar-refractivity contribution is -0.252. The van der Waals surface area contributed by atoms with Gasteiger partial charge in [0, 0.05) is 24.2 Å². The minimum Gasteiger partial charge on any atom is -0.392 e. The molecular formula is C28H27Cl2F3N4O5. The Morgan fingerprint density at radius 3 is 2.52 bits per heavy atom. The van der Waals surface area contributed by atoms with Gasteiger partial charge in [0.1, 0.15) is 11.2 Å². The molecule has 5 rings (SSSR count). The number of carbonyl (C=O) groups is 2. The number of benzene rings is 2. The van der Waals surface area contributed by atoms with Crippen LogP contribution < -0.4 is 5.32 Å². The van der Waals surface area contributed by atoms with Crippen molar-refractivity contribution in [1.82, 2.24) is 14.5 Å². The van der Waals surface area contributed by atoms with E-state index in [1.807, 2.05) is 12.1 Å². The summed E-state index contributed by atoms with van der Waals surface area (Å²) in [4.78, 5) is 29.3. The van der Waals surface area contributed by atoms with E-state index in [1.54, 1.807) is 41.0 Å². The molecule has 4 atom stereocenters. The van der Waals surface area contributed by atoms with Crippen LogP contribution in [-0.4, -0.2) is 56.2 Å². The Kier molecular flexibility index (Phi) is 9.09. The van der Waals surface area contributed by atoms with E-state index < -0.39 is 42.5 Å². The van der Waals surface area contributed by atoms with Crippen molar-refractivity contribution in [3.8, 4) is 0 Å². The van der Waals surface area contributed by atoms with E-state index >= 15 is 0 Å². The van der Waals surface area contributed by atoms with Crippen LogP contribution in [0.5, 0.6) is 0 Å². The van der Waals surface area contributed by atoms with Crippen molar-refractivity contribution in [3.05, 3.63) is 81.9 Å². The lowest BCUT2D eigenvalue weighted by Crippen LogP contribution is -2.48. The van der Waals surface area contributed by atoms with Gasteiger partial charge in [-0.15, -0.1) is 0 Å². The fraction of sp³-hybridized carbons (Fsp3) is 0.393. The number of aromatic nitrogens is 2. The van der Waals surface area contributed by atoms with Crippen molar-refractivity contribution in [2.75, 3.05) is 11.9 Å². The molecule has 42 heavy (non-hydrogen) atoms. The standard InChI is InChI=1S/C28H27Cl2F3N4O5/c29-23-24(30)36(15-34-23)13-20-12-22(17-8-6-16(14-38)7-9-17)42-26(41-20)18-3-1-4-19(11-18)35-25(39)21-5-2-10-37(21)27(40)28(31,32)33/h1,3-4,6-9,11,15,20-22,26,38H,2,5,10,12-14H2,(H,35,39)/t20-,21+,22+,26+/m1/s1. The van der Waals surface area contributed by atoms with E-state index in [2.05, 4.69) is 10.3 Å². The van der Waals surface area contributed by atoms with E-state index in [9.17, 15) is 27.9 Å². The first-order chi connectivity index (χ1) is 20.0. The van der Waals surface area contributed by atoms with Gasteiger partial charge in [0.2, 0.25) is 5.91 Å². The molecular weight excluding hydrogens is 600 g/mol. The van der Waals surface area contributed by atoms with Crippen molar-refractivity contribution in [2.45, 2.75) is 63.1 Å². The molecule has 0 radical (unpaired) electrons. The van der Waals surface area contributed by atoms with Gasteiger partial charge in [0.05, 0.1) is 31.7 Å². The van der Waals surface area contributed by atoms with Gasteiger partial charge in [-0.2, -0.15) is 13.2 Å². The summed E-state index contributed by atoms with van der Waals surface area (Å²) in [5, 5.41) is 12.5. The van der Waals surface area contributed by atoms with Crippen LogP contribution in [0.3, 0.4) is 0 Å². The number of hydrogen-bond acceptors (Lipinski definition) is 6. The number of anilines is 1. The largest absolute Gasteiger partial charge is 0.471 e. The number of ether oxygens (including phenoxy) is 2. The SMILES string of the molecule is O=C(Nc1cccc([C@H]2O[C@@H](Cn3cnc(Cl)c3Cl)C[C@@H](c3ccc(CO)cc3)O2)c1)[C@@H]1CCCN1C(=O)C(F)(F)F. The van der Waals surface area contributed by atoms with Crippen molar-refractivity contribution >= 4 is 40.7 Å². The highest BCUT2D eigenvalue weighted by atomic mass is 35.5. The van der Waals surface area contributed by atoms with Crippen LogP contribution in [-0.2, 0) is 32.2 Å².